The number of hydrogen-bond donors (Lipinski definition) is 1. The molecule has 0 aliphatic rings. The molecule has 0 fully saturated rings. The fraction of sp³-hybridized carbons (Fsp3) is 0.0909. The number of anilines is 1. The Hall–Kier alpha value is -2.07. The number of thiazole rings is 1. The number of carboxylic acid groups (broad SMARTS) is 1. The predicted molar refractivity (Wildman–Crippen MR) is 68.0 cm³/mol. The van der Waals surface area contributed by atoms with Crippen molar-refractivity contribution in [3.05, 3.63) is 40.9 Å². The zero-order chi connectivity index (χ0) is 15.6. The third kappa shape index (κ3) is 3.73. The van der Waals surface area contributed by atoms with Gasteiger partial charge < -0.3 is 9.90 Å². The molecule has 2 aromatic rings. The molecule has 112 valence electrons. The summed E-state index contributed by atoms with van der Waals surface area (Å²) in [6.45, 7) is 0. The minimum Gasteiger partial charge on any atom is -0.550 e. The highest BCUT2D eigenvalue weighted by molar-refractivity contribution is 7.93. The van der Waals surface area contributed by atoms with Crippen molar-refractivity contribution in [3.8, 4) is 0 Å². The molecule has 0 aliphatic carbocycles. The molecular weight excluding hydrogens is 326 g/mol. The molecule has 21 heavy (non-hydrogen) atoms. The fourth-order valence-corrected chi connectivity index (χ4v) is 3.54. The summed E-state index contributed by atoms with van der Waals surface area (Å²) in [4.78, 5) is 13.6. The van der Waals surface area contributed by atoms with Crippen molar-refractivity contribution >= 4 is 32.5 Å². The van der Waals surface area contributed by atoms with Gasteiger partial charge in [0.05, 0.1) is 0 Å². The van der Waals surface area contributed by atoms with Crippen LogP contribution in [0.1, 0.15) is 4.88 Å². The number of hydrogen-bond acceptors (Lipinski definition) is 6. The lowest BCUT2D eigenvalue weighted by molar-refractivity contribution is -0.304. The van der Waals surface area contributed by atoms with Crippen LogP contribution in [0.2, 0.25) is 0 Å². The van der Waals surface area contributed by atoms with E-state index in [1.807, 2.05) is 4.72 Å². The quantitative estimate of drug-likeness (QED) is 0.860. The lowest BCUT2D eigenvalue weighted by atomic mass is 10.3. The van der Waals surface area contributed by atoms with Crippen LogP contribution in [0.15, 0.2) is 29.3 Å². The lowest BCUT2D eigenvalue weighted by Crippen LogP contribution is -2.23. The molecule has 0 spiro atoms. The molecule has 0 saturated carbocycles. The molecule has 0 atom stereocenters. The SMILES string of the molecule is O=C([O-])Cc1cnc(NS(=O)(=O)c2ccc(F)cc2F)s1. The van der Waals surface area contributed by atoms with Crippen molar-refractivity contribution in [2.24, 2.45) is 0 Å². The average molecular weight is 333 g/mol. The van der Waals surface area contributed by atoms with Gasteiger partial charge in [0, 0.05) is 29.5 Å². The van der Waals surface area contributed by atoms with E-state index in [0.717, 1.165) is 23.5 Å². The Kier molecular flexibility index (Phi) is 4.19. The Labute approximate surface area is 122 Å². The number of nitrogens with one attached hydrogen (secondary N) is 1. The topological polar surface area (TPSA) is 99.2 Å². The third-order valence-corrected chi connectivity index (χ3v) is 4.69. The molecule has 1 heterocycles. The van der Waals surface area contributed by atoms with E-state index >= 15 is 0 Å². The number of sulfonamides is 1. The number of carbonyl (C=O) groups excluding carboxylic acids is 1. The van der Waals surface area contributed by atoms with E-state index in [0.29, 0.717) is 6.07 Å². The fourth-order valence-electron chi connectivity index (χ4n) is 1.44. The number of carboxylic acids is 1. The summed E-state index contributed by atoms with van der Waals surface area (Å²) in [5, 5.41) is 10.3. The molecular formula is C11H7F2N2O4S2-. The molecule has 0 amide bonds. The number of halogens is 2. The average Bonchev–Trinajstić information content (AvgIpc) is 2.73. The zero-order valence-electron chi connectivity index (χ0n) is 10.2. The van der Waals surface area contributed by atoms with Gasteiger partial charge in [-0.1, -0.05) is 0 Å². The van der Waals surface area contributed by atoms with E-state index in [9.17, 15) is 27.1 Å². The first-order valence-electron chi connectivity index (χ1n) is 5.40. The first-order valence-corrected chi connectivity index (χ1v) is 7.70. The first kappa shape index (κ1) is 15.3. The van der Waals surface area contributed by atoms with Gasteiger partial charge in [-0.05, 0) is 12.1 Å². The normalized spacial score (nSPS) is 11.3. The van der Waals surface area contributed by atoms with E-state index in [1.165, 1.54) is 6.20 Å². The van der Waals surface area contributed by atoms with Gasteiger partial charge in [0.15, 0.2) is 5.13 Å². The predicted octanol–water partition coefficient (Wildman–Crippen LogP) is 0.514. The smallest absolute Gasteiger partial charge is 0.266 e. The number of benzene rings is 1. The van der Waals surface area contributed by atoms with Crippen LogP contribution in [0.4, 0.5) is 13.9 Å². The number of rotatable bonds is 5. The van der Waals surface area contributed by atoms with Crippen LogP contribution >= 0.6 is 11.3 Å². The molecule has 0 saturated heterocycles. The van der Waals surface area contributed by atoms with Crippen LogP contribution in [-0.4, -0.2) is 19.4 Å². The van der Waals surface area contributed by atoms with E-state index in [4.69, 9.17) is 0 Å². The first-order chi connectivity index (χ1) is 9.78. The third-order valence-electron chi connectivity index (χ3n) is 2.28. The van der Waals surface area contributed by atoms with Crippen LogP contribution < -0.4 is 9.83 Å². The van der Waals surface area contributed by atoms with Crippen LogP contribution in [0.5, 0.6) is 0 Å². The molecule has 0 bridgehead atoms. The molecule has 1 N–H and O–H groups in total. The van der Waals surface area contributed by atoms with Crippen molar-refractivity contribution in [2.75, 3.05) is 4.72 Å². The number of nitrogens with zero attached hydrogens (tertiary/aromatic N) is 1. The molecule has 1 aromatic carbocycles. The second-order valence-electron chi connectivity index (χ2n) is 3.86. The van der Waals surface area contributed by atoms with Crippen molar-refractivity contribution in [2.45, 2.75) is 11.3 Å². The molecule has 0 aliphatic heterocycles. The van der Waals surface area contributed by atoms with Crippen LogP contribution in [0.3, 0.4) is 0 Å². The van der Waals surface area contributed by atoms with Crippen molar-refractivity contribution < 1.29 is 27.1 Å². The largest absolute Gasteiger partial charge is 0.550 e. The Morgan fingerprint density at radius 1 is 1.38 bits per heavy atom. The summed E-state index contributed by atoms with van der Waals surface area (Å²) >= 11 is 0.773. The van der Waals surface area contributed by atoms with Crippen molar-refractivity contribution in [3.63, 3.8) is 0 Å². The van der Waals surface area contributed by atoms with Crippen LogP contribution in [0, 0.1) is 11.6 Å². The van der Waals surface area contributed by atoms with Gasteiger partial charge in [-0.25, -0.2) is 22.2 Å². The summed E-state index contributed by atoms with van der Waals surface area (Å²) in [6.07, 6.45) is 0.754. The maximum Gasteiger partial charge on any atom is 0.266 e. The summed E-state index contributed by atoms with van der Waals surface area (Å²) in [5.41, 5.74) is 0. The second-order valence-corrected chi connectivity index (χ2v) is 6.63. The minimum absolute atomic E-state index is 0.130. The van der Waals surface area contributed by atoms with Gasteiger partial charge in [-0.15, -0.1) is 11.3 Å². The maximum atomic E-state index is 13.5. The number of carbonyl (C=O) groups is 1. The standard InChI is InChI=1S/C11H8F2N2O4S2/c12-6-1-2-9(8(13)3-6)21(18,19)15-11-14-5-7(20-11)4-10(16)17/h1-3,5H,4H2,(H,14,15)(H,16,17)/p-1. The molecule has 6 nitrogen and oxygen atoms in total. The van der Waals surface area contributed by atoms with Crippen molar-refractivity contribution in [1.82, 2.24) is 4.98 Å². The Morgan fingerprint density at radius 3 is 2.71 bits per heavy atom. The van der Waals surface area contributed by atoms with E-state index in [2.05, 4.69) is 4.98 Å². The molecule has 1 aromatic heterocycles. The summed E-state index contributed by atoms with van der Waals surface area (Å²) in [5.74, 6) is -3.48. The molecule has 10 heteroatoms. The highest BCUT2D eigenvalue weighted by Gasteiger charge is 2.21. The van der Waals surface area contributed by atoms with E-state index < -0.39 is 38.9 Å². The van der Waals surface area contributed by atoms with E-state index in [-0.39, 0.29) is 10.0 Å². The molecule has 0 unspecified atom stereocenters. The summed E-state index contributed by atoms with van der Waals surface area (Å²) < 4.78 is 52.1. The zero-order valence-corrected chi connectivity index (χ0v) is 11.8. The number of aromatic nitrogens is 1. The lowest BCUT2D eigenvalue weighted by Gasteiger charge is -2.06. The van der Waals surface area contributed by atoms with Gasteiger partial charge in [-0.2, -0.15) is 0 Å². The Bertz CT molecular complexity index is 789. The van der Waals surface area contributed by atoms with E-state index in [1.54, 1.807) is 0 Å². The highest BCUT2D eigenvalue weighted by Crippen LogP contribution is 2.23. The summed E-state index contributed by atoms with van der Waals surface area (Å²) in [6, 6.07) is 2.03. The second kappa shape index (κ2) is 5.74. The Balaban J connectivity index is 2.25. The minimum atomic E-state index is -4.28. The van der Waals surface area contributed by atoms with Gasteiger partial charge in [0.25, 0.3) is 10.0 Å². The van der Waals surface area contributed by atoms with Gasteiger partial charge >= 0.3 is 0 Å². The maximum absolute atomic E-state index is 13.5. The Morgan fingerprint density at radius 2 is 2.10 bits per heavy atom. The number of aliphatic carboxylic acids is 1. The van der Waals surface area contributed by atoms with Gasteiger partial charge in [-0.3, -0.25) is 4.72 Å². The monoisotopic (exact) mass is 333 g/mol. The van der Waals surface area contributed by atoms with Crippen molar-refractivity contribution in [1.29, 1.82) is 0 Å². The highest BCUT2D eigenvalue weighted by atomic mass is 32.2. The molecule has 2 rings (SSSR count). The summed E-state index contributed by atoms with van der Waals surface area (Å²) in [7, 11) is -4.28. The van der Waals surface area contributed by atoms with Gasteiger partial charge in [0.2, 0.25) is 0 Å². The van der Waals surface area contributed by atoms with Gasteiger partial charge in [0.1, 0.15) is 16.5 Å². The van der Waals surface area contributed by atoms with Crippen LogP contribution in [-0.2, 0) is 21.2 Å². The van der Waals surface area contributed by atoms with Crippen LogP contribution in [0.25, 0.3) is 0 Å². The molecule has 0 radical (unpaired) electrons.